The van der Waals surface area contributed by atoms with Crippen LogP contribution in [0.5, 0.6) is 0 Å². The first-order valence-electron chi connectivity index (χ1n) is 7.77. The second-order valence-electron chi connectivity index (χ2n) is 5.35. The molecule has 0 saturated carbocycles. The van der Waals surface area contributed by atoms with Crippen molar-refractivity contribution in [3.63, 3.8) is 0 Å². The Morgan fingerprint density at radius 3 is 2.62 bits per heavy atom. The van der Waals surface area contributed by atoms with Gasteiger partial charge in [-0.15, -0.1) is 0 Å². The zero-order valence-corrected chi connectivity index (χ0v) is 14.7. The minimum Gasteiger partial charge on any atom is -0.460 e. The lowest BCUT2D eigenvalue weighted by atomic mass is 10.1. The topological polar surface area (TPSA) is 95.7 Å². The lowest BCUT2D eigenvalue weighted by Crippen LogP contribution is -2.16. The number of hydrogen-bond donors (Lipinski definition) is 1. The molecule has 2 aromatic rings. The van der Waals surface area contributed by atoms with E-state index in [2.05, 4.69) is 0 Å². The molecule has 2 N–H and O–H groups in total. The molecule has 0 saturated heterocycles. The summed E-state index contributed by atoms with van der Waals surface area (Å²) in [7, 11) is -4.27. The number of benzene rings is 2. The van der Waals surface area contributed by atoms with E-state index in [4.69, 9.17) is 27.6 Å². The van der Waals surface area contributed by atoms with Gasteiger partial charge in [-0.05, 0) is 17.7 Å². The summed E-state index contributed by atoms with van der Waals surface area (Å²) >= 11 is 5.66. The number of halogens is 2. The Morgan fingerprint density at radius 2 is 1.96 bits per heavy atom. The van der Waals surface area contributed by atoms with Crippen LogP contribution >= 0.6 is 11.6 Å². The first-order chi connectivity index (χ1) is 12.6. The van der Waals surface area contributed by atoms with Gasteiger partial charge in [0.15, 0.2) is 6.08 Å². The molecular weight excluding hydrogens is 385 g/mol. The van der Waals surface area contributed by atoms with E-state index in [1.165, 1.54) is 6.07 Å². The second-order valence-corrected chi connectivity index (χ2v) is 7.36. The van der Waals surface area contributed by atoms with Gasteiger partial charge >= 0.3 is 10.1 Å². The summed E-state index contributed by atoms with van der Waals surface area (Å²) in [6, 6.07) is 11.3. The van der Waals surface area contributed by atoms with Crippen molar-refractivity contribution in [2.24, 2.45) is 5.73 Å². The number of carbonyl (C=O) groups is 1. The highest BCUT2D eigenvalue weighted by Crippen LogP contribution is 2.34. The first kappa shape index (κ1) is 16.9. The third-order valence-electron chi connectivity index (χ3n) is 3.42. The van der Waals surface area contributed by atoms with Crippen molar-refractivity contribution < 1.29 is 27.9 Å². The first-order valence-corrected chi connectivity index (χ1v) is 9.23. The summed E-state index contributed by atoms with van der Waals surface area (Å²) < 4.78 is 56.6. The van der Waals surface area contributed by atoms with Gasteiger partial charge in [-0.2, -0.15) is 8.42 Å². The summed E-state index contributed by atoms with van der Waals surface area (Å²) in [4.78, 5) is 12.6. The molecule has 0 unspecified atom stereocenters. The molecule has 2 aromatic carbocycles. The molecule has 0 bridgehead atoms. The molecule has 9 heteroatoms. The Morgan fingerprint density at radius 1 is 1.27 bits per heavy atom. The van der Waals surface area contributed by atoms with Gasteiger partial charge in [-0.1, -0.05) is 48.0 Å². The van der Waals surface area contributed by atoms with E-state index in [1.54, 1.807) is 30.3 Å². The zero-order valence-electron chi connectivity index (χ0n) is 14.1. The lowest BCUT2D eigenvalue weighted by Gasteiger charge is -2.11. The lowest BCUT2D eigenvalue weighted by molar-refractivity contribution is -0.123. The molecule has 1 aliphatic heterocycles. The molecule has 1 heterocycles. The van der Waals surface area contributed by atoms with Gasteiger partial charge in [0.2, 0.25) is 17.4 Å². The van der Waals surface area contributed by atoms with Crippen LogP contribution in [0, 0.1) is 5.82 Å². The van der Waals surface area contributed by atoms with Crippen LogP contribution in [0.2, 0.25) is 5.02 Å². The second kappa shape index (κ2) is 6.97. The Labute approximate surface area is 155 Å². The van der Waals surface area contributed by atoms with E-state index < -0.39 is 50.8 Å². The number of ether oxygens (including phenoxy) is 1. The molecule has 0 aromatic heterocycles. The fourth-order valence-electron chi connectivity index (χ4n) is 2.28. The third kappa shape index (κ3) is 3.81. The molecule has 136 valence electrons. The van der Waals surface area contributed by atoms with Crippen molar-refractivity contribution in [2.45, 2.75) is 11.8 Å². The molecule has 6 nitrogen and oxygen atoms in total. The summed E-state index contributed by atoms with van der Waals surface area (Å²) in [5.41, 5.74) is 5.49. The number of rotatable bonds is 5. The Balaban J connectivity index is 1.87. The minimum absolute atomic E-state index is 0.0492. The van der Waals surface area contributed by atoms with Crippen molar-refractivity contribution in [2.75, 3.05) is 0 Å². The van der Waals surface area contributed by atoms with Gasteiger partial charge in [0.05, 0.1) is 1.37 Å². The summed E-state index contributed by atoms with van der Waals surface area (Å²) in [6.45, 7) is 0. The van der Waals surface area contributed by atoms with Crippen LogP contribution in [0.1, 0.15) is 18.6 Å². The summed E-state index contributed by atoms with van der Waals surface area (Å²) in [6.07, 6.45) is -2.61. The largest absolute Gasteiger partial charge is 0.460 e. The van der Waals surface area contributed by atoms with Crippen molar-refractivity contribution in [1.82, 2.24) is 0 Å². The van der Waals surface area contributed by atoms with E-state index in [0.717, 1.165) is 12.1 Å². The molecular formula is C17H13ClFNO5S. The molecule has 0 spiro atoms. The monoisotopic (exact) mass is 398 g/mol. The van der Waals surface area contributed by atoms with Crippen molar-refractivity contribution in [3.05, 3.63) is 82.1 Å². The van der Waals surface area contributed by atoms with E-state index in [0.29, 0.717) is 5.56 Å². The van der Waals surface area contributed by atoms with Crippen LogP contribution in [0.15, 0.2) is 60.2 Å². The van der Waals surface area contributed by atoms with Gasteiger partial charge in [-0.3, -0.25) is 4.79 Å². The van der Waals surface area contributed by atoms with Gasteiger partial charge in [0.25, 0.3) is 0 Å². The van der Waals surface area contributed by atoms with Gasteiger partial charge in [0, 0.05) is 10.6 Å². The van der Waals surface area contributed by atoms with Crippen molar-refractivity contribution >= 4 is 27.5 Å². The highest BCUT2D eigenvalue weighted by atomic mass is 35.5. The molecule has 26 heavy (non-hydrogen) atoms. The molecule has 0 aliphatic carbocycles. The molecule has 1 aliphatic rings. The number of hydrogen-bond acceptors (Lipinski definition) is 6. The molecule has 1 atom stereocenters. The zero-order chi connectivity index (χ0) is 19.8. The maximum atomic E-state index is 14.1. The van der Waals surface area contributed by atoms with E-state index in [-0.39, 0.29) is 5.02 Å². The predicted molar refractivity (Wildman–Crippen MR) is 91.6 cm³/mol. The van der Waals surface area contributed by atoms with Crippen LogP contribution in [0.4, 0.5) is 4.39 Å². The quantitative estimate of drug-likeness (QED) is 0.778. The number of Topliss-reactive ketones (excluding diaryl/α,β-unsaturated/α-hetero) is 1. The van der Waals surface area contributed by atoms with E-state index in [9.17, 15) is 17.6 Å². The van der Waals surface area contributed by atoms with Crippen molar-refractivity contribution in [3.8, 4) is 0 Å². The highest BCUT2D eigenvalue weighted by Gasteiger charge is 2.40. The van der Waals surface area contributed by atoms with Crippen LogP contribution in [0.3, 0.4) is 0 Å². The fraction of sp³-hybridized carbons (Fsp3) is 0.118. The van der Waals surface area contributed by atoms with Gasteiger partial charge in [0.1, 0.15) is 11.6 Å². The standard InChI is InChI=1S/C17H13ClFNO5S/c18-11-6-7-12(13(19)8-11)15-14(21)16(17(20)24-15)25-26(22,23)9-10-4-2-1-3-5-10/h1-8,15H,9,20H2/t15-/m1/s1/i15D. The Hall–Kier alpha value is -2.58. The SMILES string of the molecule is [2H][C@]1(c2ccc(Cl)cc2F)OC(N)=C(OS(=O)(=O)Cc2ccccc2)C1=O. The van der Waals surface area contributed by atoms with Gasteiger partial charge < -0.3 is 14.7 Å². The maximum Gasteiger partial charge on any atom is 0.313 e. The van der Waals surface area contributed by atoms with Gasteiger partial charge in [-0.25, -0.2) is 4.39 Å². The van der Waals surface area contributed by atoms with E-state index in [1.807, 2.05) is 0 Å². The third-order valence-corrected chi connectivity index (χ3v) is 4.76. The van der Waals surface area contributed by atoms with Crippen LogP contribution < -0.4 is 5.73 Å². The normalized spacial score (nSPS) is 20.7. The van der Waals surface area contributed by atoms with Crippen LogP contribution in [0.25, 0.3) is 0 Å². The molecule has 0 amide bonds. The summed E-state index contributed by atoms with van der Waals surface area (Å²) in [5.74, 6) is -4.33. The maximum absolute atomic E-state index is 14.1. The van der Waals surface area contributed by atoms with Crippen molar-refractivity contribution in [1.29, 1.82) is 0 Å². The number of carbonyl (C=O) groups excluding carboxylic acids is 1. The van der Waals surface area contributed by atoms with Crippen LogP contribution in [-0.4, -0.2) is 14.2 Å². The van der Waals surface area contributed by atoms with Crippen LogP contribution in [-0.2, 0) is 29.6 Å². The highest BCUT2D eigenvalue weighted by molar-refractivity contribution is 7.86. The molecule has 0 radical (unpaired) electrons. The Kier molecular flexibility index (Phi) is 4.52. The fourth-order valence-corrected chi connectivity index (χ4v) is 3.51. The smallest absolute Gasteiger partial charge is 0.313 e. The molecule has 0 fully saturated rings. The number of ketones is 1. The van der Waals surface area contributed by atoms with E-state index >= 15 is 0 Å². The minimum atomic E-state index is -4.27. The summed E-state index contributed by atoms with van der Waals surface area (Å²) in [5, 5.41) is 0.0492. The average molecular weight is 399 g/mol. The predicted octanol–water partition coefficient (Wildman–Crippen LogP) is 2.79. The Bertz CT molecular complexity index is 1040. The molecule has 3 rings (SSSR count). The number of nitrogens with two attached hydrogens (primary N) is 1. The average Bonchev–Trinajstić information content (AvgIpc) is 2.79.